The van der Waals surface area contributed by atoms with Gasteiger partial charge in [0.05, 0.1) is 13.2 Å². The molecule has 4 heteroatoms. The van der Waals surface area contributed by atoms with Crippen molar-refractivity contribution >= 4 is 0 Å². The molecule has 1 aromatic heterocycles. The molecule has 3 rings (SSSR count). The number of nitrogens with zero attached hydrogens (tertiary/aromatic N) is 3. The summed E-state index contributed by atoms with van der Waals surface area (Å²) in [5, 5.41) is 0. The second-order valence-electron chi connectivity index (χ2n) is 5.51. The Hall–Kier alpha value is -0.970. The summed E-state index contributed by atoms with van der Waals surface area (Å²) in [7, 11) is 0. The van der Waals surface area contributed by atoms with E-state index in [9.17, 15) is 0 Å². The first-order valence-corrected chi connectivity index (χ1v) is 7.35. The highest BCUT2D eigenvalue weighted by Crippen LogP contribution is 2.19. The summed E-state index contributed by atoms with van der Waals surface area (Å²) in [5.41, 5.74) is 1.37. The number of pyridine rings is 1. The molecule has 0 radical (unpaired) electrons. The standard InChI is InChI=1S/C15H23N3O/c1-5-16-6-2-14(1)13-17-7-3-15(4-8-17)18-9-11-19-12-10-18/h1-2,5-6,15H,3-4,7-13H2. The molecule has 4 nitrogen and oxygen atoms in total. The molecule has 3 heterocycles. The van der Waals surface area contributed by atoms with Gasteiger partial charge in [-0.3, -0.25) is 14.8 Å². The Kier molecular flexibility index (Phi) is 4.43. The van der Waals surface area contributed by atoms with Crippen molar-refractivity contribution in [3.05, 3.63) is 30.1 Å². The van der Waals surface area contributed by atoms with Crippen LogP contribution in [0.1, 0.15) is 18.4 Å². The molecule has 104 valence electrons. The van der Waals surface area contributed by atoms with Gasteiger partial charge in [-0.05, 0) is 43.6 Å². The van der Waals surface area contributed by atoms with Gasteiger partial charge in [-0.1, -0.05) is 0 Å². The van der Waals surface area contributed by atoms with Crippen molar-refractivity contribution in [2.75, 3.05) is 39.4 Å². The smallest absolute Gasteiger partial charge is 0.0594 e. The molecule has 0 aromatic carbocycles. The minimum absolute atomic E-state index is 0.776. The zero-order valence-corrected chi connectivity index (χ0v) is 11.5. The van der Waals surface area contributed by atoms with Crippen LogP contribution in [0.25, 0.3) is 0 Å². The third-order valence-electron chi connectivity index (χ3n) is 4.27. The van der Waals surface area contributed by atoms with E-state index in [0.717, 1.165) is 38.9 Å². The van der Waals surface area contributed by atoms with Gasteiger partial charge in [0.25, 0.3) is 0 Å². The van der Waals surface area contributed by atoms with Gasteiger partial charge in [-0.25, -0.2) is 0 Å². The summed E-state index contributed by atoms with van der Waals surface area (Å²) in [6, 6.07) is 5.01. The van der Waals surface area contributed by atoms with Crippen LogP contribution in [0.5, 0.6) is 0 Å². The first-order valence-electron chi connectivity index (χ1n) is 7.35. The summed E-state index contributed by atoms with van der Waals surface area (Å²) in [6.45, 7) is 7.56. The highest BCUT2D eigenvalue weighted by molar-refractivity contribution is 5.09. The summed E-state index contributed by atoms with van der Waals surface area (Å²) < 4.78 is 5.43. The van der Waals surface area contributed by atoms with E-state index >= 15 is 0 Å². The van der Waals surface area contributed by atoms with Crippen molar-refractivity contribution in [2.24, 2.45) is 0 Å². The van der Waals surface area contributed by atoms with Gasteiger partial charge in [-0.15, -0.1) is 0 Å². The highest BCUT2D eigenvalue weighted by Gasteiger charge is 2.25. The van der Waals surface area contributed by atoms with Gasteiger partial charge < -0.3 is 4.74 Å². The SMILES string of the molecule is c1cc(CN2CCC(N3CCOCC3)CC2)ccn1. The summed E-state index contributed by atoms with van der Waals surface area (Å²) >= 11 is 0. The molecule has 0 unspecified atom stereocenters. The summed E-state index contributed by atoms with van der Waals surface area (Å²) in [4.78, 5) is 9.25. The molecular formula is C15H23N3O. The number of likely N-dealkylation sites (tertiary alicyclic amines) is 1. The molecule has 2 saturated heterocycles. The fourth-order valence-corrected chi connectivity index (χ4v) is 3.13. The van der Waals surface area contributed by atoms with E-state index in [-0.39, 0.29) is 0 Å². The Morgan fingerprint density at radius 1 is 1.05 bits per heavy atom. The molecule has 0 atom stereocenters. The third-order valence-corrected chi connectivity index (χ3v) is 4.27. The van der Waals surface area contributed by atoms with E-state index in [1.165, 1.54) is 31.5 Å². The van der Waals surface area contributed by atoms with Crippen molar-refractivity contribution in [1.82, 2.24) is 14.8 Å². The molecule has 0 amide bonds. The van der Waals surface area contributed by atoms with Gasteiger partial charge >= 0.3 is 0 Å². The minimum Gasteiger partial charge on any atom is -0.379 e. The Labute approximate surface area is 115 Å². The van der Waals surface area contributed by atoms with Crippen molar-refractivity contribution in [1.29, 1.82) is 0 Å². The number of rotatable bonds is 3. The van der Waals surface area contributed by atoms with Crippen molar-refractivity contribution in [3.63, 3.8) is 0 Å². The molecule has 2 aliphatic heterocycles. The molecule has 2 fully saturated rings. The predicted octanol–water partition coefficient (Wildman–Crippen LogP) is 1.38. The highest BCUT2D eigenvalue weighted by atomic mass is 16.5. The first kappa shape index (κ1) is 13.0. The quantitative estimate of drug-likeness (QED) is 0.822. The van der Waals surface area contributed by atoms with Crippen molar-refractivity contribution < 1.29 is 4.74 Å². The first-order chi connectivity index (χ1) is 9.42. The zero-order valence-electron chi connectivity index (χ0n) is 11.5. The third kappa shape index (κ3) is 3.53. The van der Waals surface area contributed by atoms with Crippen LogP contribution in [0.2, 0.25) is 0 Å². The lowest BCUT2D eigenvalue weighted by molar-refractivity contribution is 0.000229. The van der Waals surface area contributed by atoms with Crippen LogP contribution >= 0.6 is 0 Å². The van der Waals surface area contributed by atoms with Crippen LogP contribution in [0.15, 0.2) is 24.5 Å². The Bertz CT molecular complexity index is 370. The fourth-order valence-electron chi connectivity index (χ4n) is 3.13. The van der Waals surface area contributed by atoms with E-state index in [1.54, 1.807) is 0 Å². The Morgan fingerprint density at radius 3 is 2.42 bits per heavy atom. The maximum Gasteiger partial charge on any atom is 0.0594 e. The number of hydrogen-bond acceptors (Lipinski definition) is 4. The average Bonchev–Trinajstić information content (AvgIpc) is 2.50. The lowest BCUT2D eigenvalue weighted by Gasteiger charge is -2.40. The predicted molar refractivity (Wildman–Crippen MR) is 74.9 cm³/mol. The lowest BCUT2D eigenvalue weighted by atomic mass is 10.0. The number of piperidine rings is 1. The van der Waals surface area contributed by atoms with Gasteiger partial charge in [0, 0.05) is 38.1 Å². The molecule has 19 heavy (non-hydrogen) atoms. The molecule has 0 saturated carbocycles. The van der Waals surface area contributed by atoms with Crippen LogP contribution in [0, 0.1) is 0 Å². The van der Waals surface area contributed by atoms with Crippen LogP contribution in [-0.2, 0) is 11.3 Å². The second-order valence-corrected chi connectivity index (χ2v) is 5.51. The molecular weight excluding hydrogens is 238 g/mol. The lowest BCUT2D eigenvalue weighted by Crippen LogP contribution is -2.48. The summed E-state index contributed by atoms with van der Waals surface area (Å²) in [6.07, 6.45) is 6.36. The van der Waals surface area contributed by atoms with E-state index in [1.807, 2.05) is 12.4 Å². The van der Waals surface area contributed by atoms with Crippen LogP contribution < -0.4 is 0 Å². The monoisotopic (exact) mass is 261 g/mol. The average molecular weight is 261 g/mol. The van der Waals surface area contributed by atoms with Gasteiger partial charge in [0.1, 0.15) is 0 Å². The topological polar surface area (TPSA) is 28.6 Å². The van der Waals surface area contributed by atoms with Gasteiger partial charge in [-0.2, -0.15) is 0 Å². The van der Waals surface area contributed by atoms with Crippen molar-refractivity contribution in [2.45, 2.75) is 25.4 Å². The van der Waals surface area contributed by atoms with Gasteiger partial charge in [0.2, 0.25) is 0 Å². The second kappa shape index (κ2) is 6.46. The molecule has 2 aliphatic rings. The molecule has 0 N–H and O–H groups in total. The molecule has 0 spiro atoms. The van der Waals surface area contributed by atoms with E-state index in [4.69, 9.17) is 4.74 Å². The number of morpholine rings is 1. The van der Waals surface area contributed by atoms with Gasteiger partial charge in [0.15, 0.2) is 0 Å². The fraction of sp³-hybridized carbons (Fsp3) is 0.667. The zero-order chi connectivity index (χ0) is 12.9. The molecule has 0 bridgehead atoms. The minimum atomic E-state index is 0.776. The summed E-state index contributed by atoms with van der Waals surface area (Å²) in [5.74, 6) is 0. The van der Waals surface area contributed by atoms with E-state index in [2.05, 4.69) is 26.9 Å². The Morgan fingerprint density at radius 2 is 1.74 bits per heavy atom. The number of hydrogen-bond donors (Lipinski definition) is 0. The molecule has 1 aromatic rings. The van der Waals surface area contributed by atoms with E-state index in [0.29, 0.717) is 0 Å². The largest absolute Gasteiger partial charge is 0.379 e. The van der Waals surface area contributed by atoms with Crippen LogP contribution in [-0.4, -0.2) is 60.2 Å². The molecule has 0 aliphatic carbocycles. The number of aromatic nitrogens is 1. The number of ether oxygens (including phenoxy) is 1. The van der Waals surface area contributed by atoms with E-state index < -0.39 is 0 Å². The normalized spacial score (nSPS) is 23.6. The van der Waals surface area contributed by atoms with Crippen LogP contribution in [0.4, 0.5) is 0 Å². The van der Waals surface area contributed by atoms with Crippen LogP contribution in [0.3, 0.4) is 0 Å². The maximum absolute atomic E-state index is 5.43. The maximum atomic E-state index is 5.43. The Balaban J connectivity index is 1.46. The van der Waals surface area contributed by atoms with Crippen molar-refractivity contribution in [3.8, 4) is 0 Å².